The van der Waals surface area contributed by atoms with Crippen molar-refractivity contribution >= 4 is 11.0 Å². The number of hydrogen-bond donors (Lipinski definition) is 1. The van der Waals surface area contributed by atoms with Gasteiger partial charge < -0.3 is 19.1 Å². The van der Waals surface area contributed by atoms with E-state index < -0.39 is 5.82 Å². The van der Waals surface area contributed by atoms with Crippen LogP contribution >= 0.6 is 0 Å². The Hall–Kier alpha value is -2.60. The Kier molecular flexibility index (Phi) is 3.68. The third kappa shape index (κ3) is 2.60. The van der Waals surface area contributed by atoms with Crippen LogP contribution < -0.4 is 9.47 Å². The van der Waals surface area contributed by atoms with E-state index in [1.807, 2.05) is 7.05 Å². The van der Waals surface area contributed by atoms with Crippen molar-refractivity contribution in [1.29, 1.82) is 0 Å². The summed E-state index contributed by atoms with van der Waals surface area (Å²) in [6, 6.07) is 9.50. The van der Waals surface area contributed by atoms with Crippen LogP contribution in [0.5, 0.6) is 17.2 Å². The quantitative estimate of drug-likeness (QED) is 0.805. The molecule has 0 spiro atoms. The lowest BCUT2D eigenvalue weighted by atomic mass is 10.3. The monoisotopic (exact) mass is 302 g/mol. The minimum absolute atomic E-state index is 0.136. The lowest BCUT2D eigenvalue weighted by Crippen LogP contribution is -1.96. The Bertz CT molecular complexity index is 830. The Morgan fingerprint density at radius 2 is 1.91 bits per heavy atom. The van der Waals surface area contributed by atoms with Gasteiger partial charge in [-0.05, 0) is 12.1 Å². The number of aryl methyl sites for hydroxylation is 1. The van der Waals surface area contributed by atoms with Crippen molar-refractivity contribution < 1.29 is 19.0 Å². The molecule has 0 amide bonds. The zero-order valence-electron chi connectivity index (χ0n) is 12.2. The third-order valence-electron chi connectivity index (χ3n) is 3.40. The first-order valence-electron chi connectivity index (χ1n) is 6.69. The van der Waals surface area contributed by atoms with E-state index in [0.29, 0.717) is 23.1 Å². The molecule has 0 aliphatic carbocycles. The smallest absolute Gasteiger partial charge is 0.135 e. The molecule has 1 heterocycles. The van der Waals surface area contributed by atoms with E-state index >= 15 is 0 Å². The minimum atomic E-state index is -0.432. The summed E-state index contributed by atoms with van der Waals surface area (Å²) < 4.78 is 26.0. The number of methoxy groups -OCH3 is 1. The van der Waals surface area contributed by atoms with Crippen molar-refractivity contribution in [3.05, 3.63) is 48.0 Å². The zero-order chi connectivity index (χ0) is 15.7. The predicted molar refractivity (Wildman–Crippen MR) is 79.7 cm³/mol. The van der Waals surface area contributed by atoms with E-state index in [4.69, 9.17) is 9.47 Å². The number of benzene rings is 2. The average Bonchev–Trinajstić information content (AvgIpc) is 2.83. The lowest BCUT2D eigenvalue weighted by Gasteiger charge is -2.08. The molecule has 0 saturated carbocycles. The maximum Gasteiger partial charge on any atom is 0.135 e. The summed E-state index contributed by atoms with van der Waals surface area (Å²) >= 11 is 0. The van der Waals surface area contributed by atoms with Gasteiger partial charge in [-0.3, -0.25) is 0 Å². The maximum atomic E-state index is 13.5. The summed E-state index contributed by atoms with van der Waals surface area (Å²) in [5.41, 5.74) is 1.58. The van der Waals surface area contributed by atoms with Crippen LogP contribution in [0.2, 0.25) is 0 Å². The standard InChI is InChI=1S/C16H15FN2O3/c1-19-15-8-11(3-4-14(15)18-16(19)9-20)22-13-6-10(17)5-12(7-13)21-2/h3-8,20H,9H2,1-2H3. The highest BCUT2D eigenvalue weighted by Gasteiger charge is 2.09. The molecule has 6 heteroatoms. The molecule has 1 aromatic heterocycles. The molecule has 2 aromatic carbocycles. The highest BCUT2D eigenvalue weighted by Crippen LogP contribution is 2.29. The molecule has 0 aliphatic heterocycles. The van der Waals surface area contributed by atoms with Gasteiger partial charge in [0.1, 0.15) is 35.5 Å². The highest BCUT2D eigenvalue weighted by molar-refractivity contribution is 5.77. The van der Waals surface area contributed by atoms with Crippen molar-refractivity contribution in [3.63, 3.8) is 0 Å². The topological polar surface area (TPSA) is 56.5 Å². The molecule has 0 atom stereocenters. The van der Waals surface area contributed by atoms with Crippen LogP contribution in [0.15, 0.2) is 36.4 Å². The van der Waals surface area contributed by atoms with Crippen molar-refractivity contribution in [2.45, 2.75) is 6.61 Å². The fourth-order valence-electron chi connectivity index (χ4n) is 2.27. The molecule has 0 bridgehead atoms. The van der Waals surface area contributed by atoms with Gasteiger partial charge in [-0.2, -0.15) is 0 Å². The maximum absolute atomic E-state index is 13.5. The van der Waals surface area contributed by atoms with Crippen molar-refractivity contribution in [1.82, 2.24) is 9.55 Å². The second-order valence-electron chi connectivity index (χ2n) is 4.82. The van der Waals surface area contributed by atoms with Crippen molar-refractivity contribution in [3.8, 4) is 17.2 Å². The second-order valence-corrected chi connectivity index (χ2v) is 4.82. The summed E-state index contributed by atoms with van der Waals surface area (Å²) in [4.78, 5) is 4.30. The molecule has 0 unspecified atom stereocenters. The number of hydrogen-bond acceptors (Lipinski definition) is 4. The van der Waals surface area contributed by atoms with Crippen molar-refractivity contribution in [2.75, 3.05) is 7.11 Å². The molecule has 5 nitrogen and oxygen atoms in total. The molecule has 0 radical (unpaired) electrons. The van der Waals surface area contributed by atoms with Crippen LogP contribution in [0.25, 0.3) is 11.0 Å². The summed E-state index contributed by atoms with van der Waals surface area (Å²) in [5, 5.41) is 9.24. The first-order valence-corrected chi connectivity index (χ1v) is 6.69. The molecular weight excluding hydrogens is 287 g/mol. The number of nitrogens with zero attached hydrogens (tertiary/aromatic N) is 2. The van der Waals surface area contributed by atoms with Gasteiger partial charge in [0, 0.05) is 31.3 Å². The molecular formula is C16H15FN2O3. The summed E-state index contributed by atoms with van der Waals surface area (Å²) in [7, 11) is 3.28. The van der Waals surface area contributed by atoms with Gasteiger partial charge in [-0.25, -0.2) is 9.37 Å². The van der Waals surface area contributed by atoms with Crippen molar-refractivity contribution in [2.24, 2.45) is 7.05 Å². The average molecular weight is 302 g/mol. The van der Waals surface area contributed by atoms with Crippen LogP contribution in [0.4, 0.5) is 4.39 Å². The van der Waals surface area contributed by atoms with Crippen LogP contribution in [-0.4, -0.2) is 21.8 Å². The number of aromatic nitrogens is 2. The van der Waals surface area contributed by atoms with E-state index in [2.05, 4.69) is 4.98 Å². The molecule has 22 heavy (non-hydrogen) atoms. The van der Waals surface area contributed by atoms with Crippen LogP contribution in [0.3, 0.4) is 0 Å². The number of rotatable bonds is 4. The van der Waals surface area contributed by atoms with Gasteiger partial charge in [0.2, 0.25) is 0 Å². The summed E-state index contributed by atoms with van der Waals surface area (Å²) in [6.07, 6.45) is 0. The summed E-state index contributed by atoms with van der Waals surface area (Å²) in [5.74, 6) is 1.42. The molecule has 0 aliphatic rings. The second kappa shape index (κ2) is 5.65. The van der Waals surface area contributed by atoms with Gasteiger partial charge >= 0.3 is 0 Å². The molecule has 114 valence electrons. The Balaban J connectivity index is 1.97. The van der Waals surface area contributed by atoms with Gasteiger partial charge in [-0.1, -0.05) is 0 Å². The van der Waals surface area contributed by atoms with E-state index in [9.17, 15) is 9.50 Å². The van der Waals surface area contributed by atoms with E-state index in [-0.39, 0.29) is 6.61 Å². The fourth-order valence-corrected chi connectivity index (χ4v) is 2.27. The molecule has 0 fully saturated rings. The lowest BCUT2D eigenvalue weighted by molar-refractivity contribution is 0.268. The predicted octanol–water partition coefficient (Wildman–Crippen LogP) is 3.01. The first-order chi connectivity index (χ1) is 10.6. The Morgan fingerprint density at radius 1 is 1.14 bits per heavy atom. The number of aliphatic hydroxyl groups is 1. The fraction of sp³-hybridized carbons (Fsp3) is 0.188. The number of imidazole rings is 1. The minimum Gasteiger partial charge on any atom is -0.497 e. The van der Waals surface area contributed by atoms with Gasteiger partial charge in [-0.15, -0.1) is 0 Å². The van der Waals surface area contributed by atoms with Crippen LogP contribution in [-0.2, 0) is 13.7 Å². The normalized spacial score (nSPS) is 10.9. The molecule has 0 saturated heterocycles. The van der Waals surface area contributed by atoms with Crippen LogP contribution in [0.1, 0.15) is 5.82 Å². The zero-order valence-corrected chi connectivity index (χ0v) is 12.2. The van der Waals surface area contributed by atoms with Gasteiger partial charge in [0.05, 0.1) is 18.1 Å². The Morgan fingerprint density at radius 3 is 2.64 bits per heavy atom. The van der Waals surface area contributed by atoms with E-state index in [1.165, 1.54) is 19.2 Å². The third-order valence-corrected chi connectivity index (χ3v) is 3.40. The van der Waals surface area contributed by atoms with E-state index in [1.54, 1.807) is 28.8 Å². The largest absolute Gasteiger partial charge is 0.497 e. The number of halogens is 1. The molecule has 1 N–H and O–H groups in total. The highest BCUT2D eigenvalue weighted by atomic mass is 19.1. The first kappa shape index (κ1) is 14.3. The number of ether oxygens (including phenoxy) is 2. The van der Waals surface area contributed by atoms with Crippen LogP contribution in [0, 0.1) is 5.82 Å². The molecule has 3 aromatic rings. The SMILES string of the molecule is COc1cc(F)cc(Oc2ccc3nc(CO)n(C)c3c2)c1. The Labute approximate surface area is 126 Å². The number of fused-ring (bicyclic) bond motifs is 1. The van der Waals surface area contributed by atoms with Gasteiger partial charge in [0.25, 0.3) is 0 Å². The summed E-state index contributed by atoms with van der Waals surface area (Å²) in [6.45, 7) is -0.136. The van der Waals surface area contributed by atoms with Gasteiger partial charge in [0.15, 0.2) is 0 Å². The number of aliphatic hydroxyl groups excluding tert-OH is 1. The van der Waals surface area contributed by atoms with E-state index in [0.717, 1.165) is 11.0 Å². The molecule has 3 rings (SSSR count).